The number of hydrogen-bond acceptors (Lipinski definition) is 3. The molecule has 1 aromatic carbocycles. The Bertz CT molecular complexity index is 444. The first-order valence-electron chi connectivity index (χ1n) is 5.81. The van der Waals surface area contributed by atoms with Crippen LogP contribution in [0.25, 0.3) is 0 Å². The Hall–Kier alpha value is -1.05. The van der Waals surface area contributed by atoms with Crippen LogP contribution in [0, 0.1) is 11.3 Å². The quantitative estimate of drug-likeness (QED) is 0.881. The van der Waals surface area contributed by atoms with Crippen LogP contribution in [0.15, 0.2) is 22.7 Å². The molecule has 0 amide bonds. The maximum absolute atomic E-state index is 9.11. The van der Waals surface area contributed by atoms with E-state index in [1.165, 1.54) is 0 Å². The number of nitriles is 1. The van der Waals surface area contributed by atoms with Gasteiger partial charge in [-0.05, 0) is 51.1 Å². The molecule has 3 nitrogen and oxygen atoms in total. The molecule has 0 aliphatic carbocycles. The molecule has 4 heteroatoms. The highest BCUT2D eigenvalue weighted by Gasteiger charge is 2.26. The molecular formula is C13H16BrN3. The van der Waals surface area contributed by atoms with E-state index in [-0.39, 0.29) is 5.54 Å². The van der Waals surface area contributed by atoms with Gasteiger partial charge in [0, 0.05) is 10.0 Å². The summed E-state index contributed by atoms with van der Waals surface area (Å²) in [6.07, 6.45) is 2.15. The first kappa shape index (κ1) is 12.4. The van der Waals surface area contributed by atoms with Crippen molar-refractivity contribution in [1.29, 1.82) is 5.26 Å². The van der Waals surface area contributed by atoms with Gasteiger partial charge in [-0.3, -0.25) is 0 Å². The molecule has 17 heavy (non-hydrogen) atoms. The summed E-state index contributed by atoms with van der Waals surface area (Å²) < 4.78 is 0.997. The maximum atomic E-state index is 9.11. The predicted molar refractivity (Wildman–Crippen MR) is 73.0 cm³/mol. The normalized spacial score (nSPS) is 18.4. The first-order chi connectivity index (χ1) is 8.13. The van der Waals surface area contributed by atoms with Crippen molar-refractivity contribution in [2.75, 3.05) is 18.4 Å². The Kier molecular flexibility index (Phi) is 3.70. The van der Waals surface area contributed by atoms with Gasteiger partial charge in [0.05, 0.1) is 11.3 Å². The number of benzene rings is 1. The summed E-state index contributed by atoms with van der Waals surface area (Å²) in [6, 6.07) is 7.95. The molecule has 0 bridgehead atoms. The number of hydrogen-bond donors (Lipinski definition) is 2. The molecule has 1 heterocycles. The van der Waals surface area contributed by atoms with Crippen LogP contribution in [0.1, 0.15) is 25.3 Å². The van der Waals surface area contributed by atoms with E-state index in [9.17, 15) is 0 Å². The molecule has 1 fully saturated rings. The van der Waals surface area contributed by atoms with Crippen LogP contribution in [-0.2, 0) is 0 Å². The first-order valence-corrected chi connectivity index (χ1v) is 6.61. The zero-order valence-electron chi connectivity index (χ0n) is 9.89. The third-order valence-corrected chi connectivity index (χ3v) is 3.74. The third kappa shape index (κ3) is 2.99. The summed E-state index contributed by atoms with van der Waals surface area (Å²) in [4.78, 5) is 0. The largest absolute Gasteiger partial charge is 0.379 e. The summed E-state index contributed by atoms with van der Waals surface area (Å²) in [5.41, 5.74) is 1.71. The highest BCUT2D eigenvalue weighted by molar-refractivity contribution is 9.10. The summed E-state index contributed by atoms with van der Waals surface area (Å²) >= 11 is 3.45. The van der Waals surface area contributed by atoms with E-state index < -0.39 is 0 Å². The summed E-state index contributed by atoms with van der Waals surface area (Å²) in [7, 11) is 0. The lowest BCUT2D eigenvalue weighted by Gasteiger charge is -2.36. The Labute approximate surface area is 110 Å². The van der Waals surface area contributed by atoms with Crippen molar-refractivity contribution in [1.82, 2.24) is 5.32 Å². The van der Waals surface area contributed by atoms with Gasteiger partial charge in [0.25, 0.3) is 0 Å². The van der Waals surface area contributed by atoms with E-state index in [1.54, 1.807) is 0 Å². The van der Waals surface area contributed by atoms with Crippen molar-refractivity contribution in [3.05, 3.63) is 28.2 Å². The summed E-state index contributed by atoms with van der Waals surface area (Å²) in [5, 5.41) is 16.0. The van der Waals surface area contributed by atoms with E-state index >= 15 is 0 Å². The van der Waals surface area contributed by atoms with Gasteiger partial charge >= 0.3 is 0 Å². The molecule has 0 unspecified atom stereocenters. The van der Waals surface area contributed by atoms with Gasteiger partial charge < -0.3 is 10.6 Å². The van der Waals surface area contributed by atoms with Crippen LogP contribution in [0.3, 0.4) is 0 Å². The maximum Gasteiger partial charge on any atom is 0.101 e. The average Bonchev–Trinajstić information content (AvgIpc) is 2.29. The topological polar surface area (TPSA) is 47.9 Å². The second-order valence-electron chi connectivity index (χ2n) is 4.74. The van der Waals surface area contributed by atoms with Crippen molar-refractivity contribution >= 4 is 21.6 Å². The van der Waals surface area contributed by atoms with Crippen molar-refractivity contribution in [2.24, 2.45) is 0 Å². The van der Waals surface area contributed by atoms with E-state index in [1.807, 2.05) is 18.2 Å². The van der Waals surface area contributed by atoms with Crippen molar-refractivity contribution < 1.29 is 0 Å². The highest BCUT2D eigenvalue weighted by atomic mass is 79.9. The summed E-state index contributed by atoms with van der Waals surface area (Å²) in [6.45, 7) is 4.27. The monoisotopic (exact) mass is 293 g/mol. The molecule has 1 saturated heterocycles. The average molecular weight is 294 g/mol. The van der Waals surface area contributed by atoms with Crippen LogP contribution in [0.2, 0.25) is 0 Å². The van der Waals surface area contributed by atoms with E-state index in [2.05, 4.69) is 39.6 Å². The molecule has 0 aromatic heterocycles. The van der Waals surface area contributed by atoms with Crippen molar-refractivity contribution in [3.63, 3.8) is 0 Å². The minimum absolute atomic E-state index is 0.0810. The van der Waals surface area contributed by atoms with Gasteiger partial charge in [-0.2, -0.15) is 5.26 Å². The molecule has 90 valence electrons. The Morgan fingerprint density at radius 3 is 2.76 bits per heavy atom. The van der Waals surface area contributed by atoms with E-state index in [4.69, 9.17) is 5.26 Å². The molecule has 0 atom stereocenters. The Morgan fingerprint density at radius 2 is 2.12 bits per heavy atom. The molecule has 2 rings (SSSR count). The minimum atomic E-state index is 0.0810. The number of halogens is 1. The molecular weight excluding hydrogens is 278 g/mol. The van der Waals surface area contributed by atoms with Crippen molar-refractivity contribution in [2.45, 2.75) is 25.3 Å². The number of rotatable bonds is 2. The fourth-order valence-electron chi connectivity index (χ4n) is 2.15. The Morgan fingerprint density at radius 1 is 1.41 bits per heavy atom. The highest BCUT2D eigenvalue weighted by Crippen LogP contribution is 2.28. The van der Waals surface area contributed by atoms with Gasteiger partial charge in [-0.1, -0.05) is 15.9 Å². The number of nitrogens with zero attached hydrogens (tertiary/aromatic N) is 1. The molecule has 0 saturated carbocycles. The Balaban J connectivity index is 2.22. The zero-order chi connectivity index (χ0) is 12.3. The van der Waals surface area contributed by atoms with Crippen LogP contribution >= 0.6 is 15.9 Å². The second kappa shape index (κ2) is 5.07. The van der Waals surface area contributed by atoms with Gasteiger partial charge in [-0.15, -0.1) is 0 Å². The standard InChI is InChI=1S/C13H16BrN3/c1-13(4-6-16-7-5-13)17-12-8-11(14)3-2-10(12)9-15/h2-3,8,16-17H,4-7H2,1H3. The molecule has 2 N–H and O–H groups in total. The van der Waals surface area contributed by atoms with Crippen LogP contribution in [0.5, 0.6) is 0 Å². The lowest BCUT2D eigenvalue weighted by Crippen LogP contribution is -2.45. The summed E-state index contributed by atoms with van der Waals surface area (Å²) in [5.74, 6) is 0. The van der Waals surface area contributed by atoms with Crippen LogP contribution < -0.4 is 10.6 Å². The zero-order valence-corrected chi connectivity index (χ0v) is 11.5. The van der Waals surface area contributed by atoms with Gasteiger partial charge in [0.1, 0.15) is 6.07 Å². The fourth-order valence-corrected chi connectivity index (χ4v) is 2.51. The number of anilines is 1. The number of piperidine rings is 1. The van der Waals surface area contributed by atoms with Crippen LogP contribution in [0.4, 0.5) is 5.69 Å². The lowest BCUT2D eigenvalue weighted by atomic mass is 9.90. The molecule has 0 radical (unpaired) electrons. The van der Waals surface area contributed by atoms with Gasteiger partial charge in [-0.25, -0.2) is 0 Å². The third-order valence-electron chi connectivity index (χ3n) is 3.25. The predicted octanol–water partition coefficient (Wildman–Crippen LogP) is 2.87. The van der Waals surface area contributed by atoms with Crippen molar-refractivity contribution in [3.8, 4) is 6.07 Å². The SMILES string of the molecule is CC1(Nc2cc(Br)ccc2C#N)CCNCC1. The molecule has 1 aliphatic rings. The molecule has 0 spiro atoms. The lowest BCUT2D eigenvalue weighted by molar-refractivity contribution is 0.365. The minimum Gasteiger partial charge on any atom is -0.379 e. The second-order valence-corrected chi connectivity index (χ2v) is 5.65. The van der Waals surface area contributed by atoms with Crippen LogP contribution in [-0.4, -0.2) is 18.6 Å². The molecule has 1 aromatic rings. The molecule has 1 aliphatic heterocycles. The van der Waals surface area contributed by atoms with E-state index in [0.717, 1.165) is 36.1 Å². The fraction of sp³-hybridized carbons (Fsp3) is 0.462. The van der Waals surface area contributed by atoms with Gasteiger partial charge in [0.2, 0.25) is 0 Å². The number of nitrogens with one attached hydrogen (secondary N) is 2. The van der Waals surface area contributed by atoms with E-state index in [0.29, 0.717) is 5.56 Å². The smallest absolute Gasteiger partial charge is 0.101 e. The van der Waals surface area contributed by atoms with Gasteiger partial charge in [0.15, 0.2) is 0 Å².